The van der Waals surface area contributed by atoms with Crippen LogP contribution in [0.15, 0.2) is 90.0 Å². The Kier molecular flexibility index (Phi) is 7.25. The van der Waals surface area contributed by atoms with Crippen molar-refractivity contribution in [2.45, 2.75) is 32.7 Å². The molecule has 1 amide bonds. The van der Waals surface area contributed by atoms with Gasteiger partial charge in [-0.05, 0) is 48.2 Å². The first-order valence-electron chi connectivity index (χ1n) is 12.2. The Morgan fingerprint density at radius 1 is 1.00 bits per heavy atom. The summed E-state index contributed by atoms with van der Waals surface area (Å²) in [7, 11) is 0. The summed E-state index contributed by atoms with van der Waals surface area (Å²) < 4.78 is 8.98. The molecule has 0 unspecified atom stereocenters. The molecule has 4 aromatic rings. The van der Waals surface area contributed by atoms with Gasteiger partial charge in [0.05, 0.1) is 17.1 Å². The van der Waals surface area contributed by atoms with Crippen LogP contribution in [0.4, 0.5) is 5.69 Å². The van der Waals surface area contributed by atoms with Crippen molar-refractivity contribution in [3.8, 4) is 5.75 Å². The lowest BCUT2D eigenvalue weighted by atomic mass is 9.98. The van der Waals surface area contributed by atoms with Crippen molar-refractivity contribution in [1.29, 1.82) is 0 Å². The lowest BCUT2D eigenvalue weighted by molar-refractivity contribution is -0.113. The molecule has 0 radical (unpaired) electrons. The first-order chi connectivity index (χ1) is 17.6. The van der Waals surface area contributed by atoms with E-state index in [0.29, 0.717) is 28.3 Å². The minimum Gasteiger partial charge on any atom is -0.491 e. The van der Waals surface area contributed by atoms with Gasteiger partial charge in [-0.3, -0.25) is 9.69 Å². The molecule has 0 aliphatic carbocycles. The average molecular weight is 513 g/mol. The van der Waals surface area contributed by atoms with Crippen LogP contribution >= 0.6 is 24.0 Å². The molecule has 1 aliphatic heterocycles. The predicted molar refractivity (Wildman–Crippen MR) is 155 cm³/mol. The van der Waals surface area contributed by atoms with E-state index in [9.17, 15) is 4.79 Å². The quantitative estimate of drug-likeness (QED) is 0.179. The molecule has 0 saturated carbocycles. The fourth-order valence-electron chi connectivity index (χ4n) is 4.48. The summed E-state index contributed by atoms with van der Waals surface area (Å²) in [6.07, 6.45) is 5.13. The summed E-state index contributed by atoms with van der Waals surface area (Å²) in [4.78, 5) is 15.5. The molecule has 1 saturated heterocycles. The first kappa shape index (κ1) is 24.3. The lowest BCUT2D eigenvalue weighted by Gasteiger charge is -2.16. The largest absolute Gasteiger partial charge is 0.491 e. The van der Waals surface area contributed by atoms with Crippen molar-refractivity contribution < 1.29 is 9.53 Å². The van der Waals surface area contributed by atoms with E-state index < -0.39 is 0 Å². The number of nitrogens with zero attached hydrogens (tertiary/aromatic N) is 2. The number of para-hydroxylation sites is 3. The Balaban J connectivity index is 1.38. The van der Waals surface area contributed by atoms with Crippen LogP contribution in [0.3, 0.4) is 0 Å². The van der Waals surface area contributed by atoms with Crippen molar-refractivity contribution in [2.75, 3.05) is 11.5 Å². The van der Waals surface area contributed by atoms with Crippen LogP contribution in [0, 0.1) is 0 Å². The summed E-state index contributed by atoms with van der Waals surface area (Å²) in [5.74, 6) is 1.32. The molecule has 36 heavy (non-hydrogen) atoms. The van der Waals surface area contributed by atoms with E-state index in [1.54, 1.807) is 4.90 Å². The maximum Gasteiger partial charge on any atom is 0.270 e. The minimum atomic E-state index is -0.0852. The van der Waals surface area contributed by atoms with E-state index in [1.807, 2.05) is 54.6 Å². The molecule has 2 heterocycles. The summed E-state index contributed by atoms with van der Waals surface area (Å²) in [6, 6.07) is 26.1. The Morgan fingerprint density at radius 3 is 2.53 bits per heavy atom. The van der Waals surface area contributed by atoms with Gasteiger partial charge in [0, 0.05) is 22.7 Å². The molecule has 0 spiro atoms. The Hall–Kier alpha value is -3.35. The smallest absolute Gasteiger partial charge is 0.270 e. The van der Waals surface area contributed by atoms with Gasteiger partial charge in [0.25, 0.3) is 5.91 Å². The molecular formula is C30H28N2O2S2. The average Bonchev–Trinajstić information content (AvgIpc) is 3.40. The number of ether oxygens (including phenoxy) is 1. The van der Waals surface area contributed by atoms with Crippen LogP contribution in [0.25, 0.3) is 17.0 Å². The van der Waals surface area contributed by atoms with Crippen molar-refractivity contribution in [3.63, 3.8) is 0 Å². The van der Waals surface area contributed by atoms with Gasteiger partial charge in [-0.2, -0.15) is 0 Å². The first-order valence-corrected chi connectivity index (χ1v) is 13.4. The van der Waals surface area contributed by atoms with Crippen LogP contribution in [-0.2, 0) is 11.3 Å². The van der Waals surface area contributed by atoms with Crippen molar-refractivity contribution in [1.82, 2.24) is 4.57 Å². The van der Waals surface area contributed by atoms with E-state index in [-0.39, 0.29) is 5.91 Å². The third-order valence-electron chi connectivity index (χ3n) is 6.57. The van der Waals surface area contributed by atoms with Gasteiger partial charge >= 0.3 is 0 Å². The molecule has 1 atom stereocenters. The number of fused-ring (bicyclic) bond motifs is 1. The Morgan fingerprint density at radius 2 is 1.72 bits per heavy atom. The van der Waals surface area contributed by atoms with E-state index in [1.165, 1.54) is 17.3 Å². The lowest BCUT2D eigenvalue weighted by Crippen LogP contribution is -2.27. The third-order valence-corrected chi connectivity index (χ3v) is 7.87. The highest BCUT2D eigenvalue weighted by Crippen LogP contribution is 2.37. The molecule has 0 N–H and O–H groups in total. The normalized spacial score (nSPS) is 15.7. The summed E-state index contributed by atoms with van der Waals surface area (Å²) in [5, 5.41) is 1.10. The topological polar surface area (TPSA) is 34.5 Å². The zero-order chi connectivity index (χ0) is 25.1. The predicted octanol–water partition coefficient (Wildman–Crippen LogP) is 7.64. The SMILES string of the molecule is CC[C@H](C)c1ccccc1OCCn1cc(/C=C2\SC(=S)N(c3ccccc3)C2=O)c2ccccc21. The van der Waals surface area contributed by atoms with Crippen LogP contribution in [-0.4, -0.2) is 21.4 Å². The minimum absolute atomic E-state index is 0.0852. The molecule has 1 aliphatic rings. The molecule has 6 heteroatoms. The number of rotatable bonds is 8. The van der Waals surface area contributed by atoms with Crippen molar-refractivity contribution in [2.24, 2.45) is 0 Å². The Labute approximate surface area is 221 Å². The van der Waals surface area contributed by atoms with Crippen molar-refractivity contribution >= 4 is 56.9 Å². The number of benzene rings is 3. The van der Waals surface area contributed by atoms with Gasteiger partial charge in [0.2, 0.25) is 0 Å². The highest BCUT2D eigenvalue weighted by atomic mass is 32.2. The Bertz CT molecular complexity index is 1440. The summed E-state index contributed by atoms with van der Waals surface area (Å²) in [6.45, 7) is 5.69. The second kappa shape index (κ2) is 10.7. The van der Waals surface area contributed by atoms with E-state index >= 15 is 0 Å². The number of thiocarbonyl (C=S) groups is 1. The molecule has 0 bridgehead atoms. The third kappa shape index (κ3) is 4.84. The van der Waals surface area contributed by atoms with Crippen LogP contribution < -0.4 is 9.64 Å². The molecule has 1 aromatic heterocycles. The number of hydrogen-bond acceptors (Lipinski definition) is 4. The van der Waals surface area contributed by atoms with E-state index in [2.05, 4.69) is 54.9 Å². The number of anilines is 1. The summed E-state index contributed by atoms with van der Waals surface area (Å²) >= 11 is 6.89. The zero-order valence-electron chi connectivity index (χ0n) is 20.4. The van der Waals surface area contributed by atoms with Gasteiger partial charge in [-0.25, -0.2) is 0 Å². The second-order valence-electron chi connectivity index (χ2n) is 8.84. The maximum absolute atomic E-state index is 13.2. The van der Waals surface area contributed by atoms with Gasteiger partial charge in [-0.15, -0.1) is 0 Å². The van der Waals surface area contributed by atoms with Gasteiger partial charge in [0.15, 0.2) is 4.32 Å². The standard InChI is InChI=1S/C30H28N2O2S2/c1-3-21(2)24-13-8-10-16-27(24)34-18-17-31-20-22(25-14-7-9-15-26(25)31)19-28-29(33)32(30(35)36-28)23-11-5-4-6-12-23/h4-16,19-21H,3,17-18H2,1-2H3/b28-19-/t21-/m0/s1. The van der Waals surface area contributed by atoms with Gasteiger partial charge in [0.1, 0.15) is 12.4 Å². The van der Waals surface area contributed by atoms with E-state index in [4.69, 9.17) is 17.0 Å². The monoisotopic (exact) mass is 512 g/mol. The van der Waals surface area contributed by atoms with Crippen LogP contribution in [0.2, 0.25) is 0 Å². The van der Waals surface area contributed by atoms with E-state index in [0.717, 1.165) is 34.3 Å². The number of carbonyl (C=O) groups is 1. The summed E-state index contributed by atoms with van der Waals surface area (Å²) in [5.41, 5.74) is 4.15. The highest BCUT2D eigenvalue weighted by Gasteiger charge is 2.33. The molecule has 182 valence electrons. The molecule has 5 rings (SSSR count). The molecular weight excluding hydrogens is 484 g/mol. The van der Waals surface area contributed by atoms with Crippen molar-refractivity contribution in [3.05, 3.63) is 101 Å². The van der Waals surface area contributed by atoms with Crippen LogP contribution in [0.5, 0.6) is 5.75 Å². The number of hydrogen-bond donors (Lipinski definition) is 0. The number of amides is 1. The van der Waals surface area contributed by atoms with Gasteiger partial charge < -0.3 is 9.30 Å². The molecule has 4 nitrogen and oxygen atoms in total. The second-order valence-corrected chi connectivity index (χ2v) is 10.5. The number of carbonyl (C=O) groups excluding carboxylic acids is 1. The zero-order valence-corrected chi connectivity index (χ0v) is 22.0. The molecule has 3 aromatic carbocycles. The number of aromatic nitrogens is 1. The van der Waals surface area contributed by atoms with Crippen LogP contribution in [0.1, 0.15) is 37.3 Å². The fraction of sp³-hybridized carbons (Fsp3) is 0.200. The fourth-order valence-corrected chi connectivity index (χ4v) is 5.77. The number of thioether (sulfide) groups is 1. The maximum atomic E-state index is 13.2. The van der Waals surface area contributed by atoms with Gasteiger partial charge in [-0.1, -0.05) is 92.4 Å². The molecule has 1 fully saturated rings. The highest BCUT2D eigenvalue weighted by molar-refractivity contribution is 8.27.